The van der Waals surface area contributed by atoms with E-state index >= 15 is 0 Å². The van der Waals surface area contributed by atoms with Crippen LogP contribution in [0.3, 0.4) is 0 Å². The number of esters is 2. The van der Waals surface area contributed by atoms with Gasteiger partial charge in [-0.3, -0.25) is 0 Å². The molecule has 0 bridgehead atoms. The van der Waals surface area contributed by atoms with Crippen LogP contribution in [0.25, 0.3) is 0 Å². The van der Waals surface area contributed by atoms with Crippen molar-refractivity contribution in [1.82, 2.24) is 0 Å². The maximum absolute atomic E-state index is 12.9. The molecule has 0 amide bonds. The summed E-state index contributed by atoms with van der Waals surface area (Å²) in [6, 6.07) is 0. The van der Waals surface area contributed by atoms with E-state index in [2.05, 4.69) is 13.8 Å². The summed E-state index contributed by atoms with van der Waals surface area (Å²) < 4.78 is 10.8. The van der Waals surface area contributed by atoms with Crippen LogP contribution in [0.4, 0.5) is 0 Å². The van der Waals surface area contributed by atoms with Gasteiger partial charge in [-0.2, -0.15) is 0 Å². The van der Waals surface area contributed by atoms with Crippen LogP contribution in [-0.2, 0) is 19.1 Å². The topological polar surface area (TPSA) is 52.6 Å². The molecule has 0 aromatic heterocycles. The van der Waals surface area contributed by atoms with Gasteiger partial charge in [0.15, 0.2) is 0 Å². The molecule has 0 rings (SSSR count). The van der Waals surface area contributed by atoms with Crippen LogP contribution < -0.4 is 0 Å². The van der Waals surface area contributed by atoms with Gasteiger partial charge in [0.25, 0.3) is 0 Å². The van der Waals surface area contributed by atoms with Crippen molar-refractivity contribution < 1.29 is 19.1 Å². The first-order chi connectivity index (χ1) is 19.6. The Morgan fingerprint density at radius 1 is 0.350 bits per heavy atom. The molecule has 0 aromatic carbocycles. The van der Waals surface area contributed by atoms with Gasteiger partial charge in [0, 0.05) is 11.1 Å². The lowest BCUT2D eigenvalue weighted by molar-refractivity contribution is -0.142. The third-order valence-corrected chi connectivity index (χ3v) is 7.97. The first-order valence-corrected chi connectivity index (χ1v) is 17.7. The Balaban J connectivity index is 4.50. The highest BCUT2D eigenvalue weighted by Gasteiger charge is 2.22. The maximum atomic E-state index is 12.9. The van der Waals surface area contributed by atoms with Crippen LogP contribution in [-0.4, -0.2) is 25.2 Å². The average Bonchev–Trinajstić information content (AvgIpc) is 2.94. The van der Waals surface area contributed by atoms with Crippen molar-refractivity contribution in [3.8, 4) is 0 Å². The van der Waals surface area contributed by atoms with Gasteiger partial charge in [0.05, 0.1) is 13.2 Å². The molecule has 0 aromatic rings. The van der Waals surface area contributed by atoms with Gasteiger partial charge in [0.2, 0.25) is 0 Å². The fraction of sp³-hybridized carbons (Fsp3) is 0.889. The molecule has 40 heavy (non-hydrogen) atoms. The fourth-order valence-corrected chi connectivity index (χ4v) is 5.47. The SMILES string of the molecule is CCCCCCCCCCCCCCC(C(=O)OCC)=C(CCCCCCCCCCCCCC)C(=O)OCC. The van der Waals surface area contributed by atoms with Crippen LogP contribution in [0.5, 0.6) is 0 Å². The van der Waals surface area contributed by atoms with Gasteiger partial charge < -0.3 is 9.47 Å². The minimum Gasteiger partial charge on any atom is -0.463 e. The highest BCUT2D eigenvalue weighted by Crippen LogP contribution is 2.23. The summed E-state index contributed by atoms with van der Waals surface area (Å²) >= 11 is 0. The largest absolute Gasteiger partial charge is 0.463 e. The Labute approximate surface area is 249 Å². The van der Waals surface area contributed by atoms with Crippen molar-refractivity contribution in [2.45, 2.75) is 195 Å². The minimum absolute atomic E-state index is 0.326. The molecule has 0 unspecified atom stereocenters. The number of ether oxygens (including phenoxy) is 2. The molecule has 236 valence electrons. The van der Waals surface area contributed by atoms with E-state index in [1.54, 1.807) is 0 Å². The Bertz CT molecular complexity index is 558. The van der Waals surface area contributed by atoms with E-state index in [1.165, 1.54) is 128 Å². The normalized spacial score (nSPS) is 11.9. The molecular formula is C36H68O4. The summed E-state index contributed by atoms with van der Waals surface area (Å²) in [5.74, 6) is -0.653. The van der Waals surface area contributed by atoms with E-state index in [0.717, 1.165) is 25.7 Å². The van der Waals surface area contributed by atoms with Crippen molar-refractivity contribution in [3.05, 3.63) is 11.1 Å². The van der Waals surface area contributed by atoms with E-state index in [4.69, 9.17) is 9.47 Å². The molecule has 0 saturated carbocycles. The molecule has 4 heteroatoms. The molecule has 0 saturated heterocycles. The first kappa shape index (κ1) is 38.7. The number of carbonyl (C=O) groups excluding carboxylic acids is 2. The Morgan fingerprint density at radius 3 is 0.800 bits per heavy atom. The van der Waals surface area contributed by atoms with E-state index in [0.29, 0.717) is 37.2 Å². The number of rotatable bonds is 30. The smallest absolute Gasteiger partial charge is 0.334 e. The van der Waals surface area contributed by atoms with E-state index in [1.807, 2.05) is 13.8 Å². The molecule has 0 aliphatic rings. The summed E-state index contributed by atoms with van der Waals surface area (Å²) in [7, 11) is 0. The second kappa shape index (κ2) is 30.6. The monoisotopic (exact) mass is 565 g/mol. The van der Waals surface area contributed by atoms with Gasteiger partial charge in [-0.1, -0.05) is 155 Å². The van der Waals surface area contributed by atoms with Gasteiger partial charge >= 0.3 is 11.9 Å². The lowest BCUT2D eigenvalue weighted by Crippen LogP contribution is -2.17. The molecule has 0 radical (unpaired) electrons. The summed E-state index contributed by atoms with van der Waals surface area (Å²) in [4.78, 5) is 25.7. The summed E-state index contributed by atoms with van der Waals surface area (Å²) in [5.41, 5.74) is 1.13. The zero-order chi connectivity index (χ0) is 29.5. The third-order valence-electron chi connectivity index (χ3n) is 7.97. The van der Waals surface area contributed by atoms with Gasteiger partial charge in [-0.05, 0) is 39.5 Å². The molecule has 4 nitrogen and oxygen atoms in total. The predicted octanol–water partition coefficient (Wildman–Crippen LogP) is 11.6. The second-order valence-corrected chi connectivity index (χ2v) is 11.7. The van der Waals surface area contributed by atoms with Crippen molar-refractivity contribution >= 4 is 11.9 Å². The van der Waals surface area contributed by atoms with Crippen molar-refractivity contribution in [3.63, 3.8) is 0 Å². The lowest BCUT2D eigenvalue weighted by Gasteiger charge is -2.14. The molecule has 0 fully saturated rings. The summed E-state index contributed by atoms with van der Waals surface area (Å²) in [5, 5.41) is 0. The van der Waals surface area contributed by atoms with E-state index < -0.39 is 0 Å². The molecule has 0 aliphatic carbocycles. The predicted molar refractivity (Wildman–Crippen MR) is 172 cm³/mol. The Kier molecular flexibility index (Phi) is 29.6. The van der Waals surface area contributed by atoms with Gasteiger partial charge in [-0.25, -0.2) is 9.59 Å². The molecular weight excluding hydrogens is 496 g/mol. The Morgan fingerprint density at radius 2 is 0.575 bits per heavy atom. The third kappa shape index (κ3) is 23.4. The van der Waals surface area contributed by atoms with Gasteiger partial charge in [-0.15, -0.1) is 0 Å². The van der Waals surface area contributed by atoms with Crippen LogP contribution in [0.1, 0.15) is 195 Å². The highest BCUT2D eigenvalue weighted by atomic mass is 16.5. The number of hydrogen-bond acceptors (Lipinski definition) is 4. The van der Waals surface area contributed by atoms with Crippen LogP contribution in [0, 0.1) is 0 Å². The standard InChI is InChI=1S/C36H68O4/c1-5-9-11-13-15-17-19-21-23-25-27-29-31-33(35(37)39-7-3)34(36(38)40-8-4)32-30-28-26-24-22-20-18-16-14-12-10-6-2/h5-32H2,1-4H3. The van der Waals surface area contributed by atoms with Crippen molar-refractivity contribution in [2.75, 3.05) is 13.2 Å². The van der Waals surface area contributed by atoms with Gasteiger partial charge in [0.1, 0.15) is 0 Å². The Hall–Kier alpha value is -1.32. The fourth-order valence-electron chi connectivity index (χ4n) is 5.47. The second-order valence-electron chi connectivity index (χ2n) is 11.7. The molecule has 0 spiro atoms. The molecule has 0 atom stereocenters. The van der Waals surface area contributed by atoms with E-state index in [9.17, 15) is 9.59 Å². The summed E-state index contributed by atoms with van der Waals surface area (Å²) in [6.45, 7) is 8.85. The number of hydrogen-bond donors (Lipinski definition) is 0. The average molecular weight is 565 g/mol. The zero-order valence-electron chi connectivity index (χ0n) is 27.4. The van der Waals surface area contributed by atoms with E-state index in [-0.39, 0.29) is 11.9 Å². The quantitative estimate of drug-likeness (QED) is 0.0494. The first-order valence-electron chi connectivity index (χ1n) is 17.7. The maximum Gasteiger partial charge on any atom is 0.334 e. The number of unbranched alkanes of at least 4 members (excludes halogenated alkanes) is 22. The number of carbonyl (C=O) groups is 2. The van der Waals surface area contributed by atoms with Crippen molar-refractivity contribution in [2.24, 2.45) is 0 Å². The molecule has 0 N–H and O–H groups in total. The minimum atomic E-state index is -0.326. The lowest BCUT2D eigenvalue weighted by atomic mass is 9.96. The molecule has 0 aliphatic heterocycles. The zero-order valence-corrected chi connectivity index (χ0v) is 27.4. The van der Waals surface area contributed by atoms with Crippen LogP contribution in [0.2, 0.25) is 0 Å². The van der Waals surface area contributed by atoms with Crippen LogP contribution >= 0.6 is 0 Å². The van der Waals surface area contributed by atoms with Crippen LogP contribution in [0.15, 0.2) is 11.1 Å². The molecule has 0 heterocycles. The summed E-state index contributed by atoms with van der Waals surface area (Å²) in [6.07, 6.45) is 31.9. The van der Waals surface area contributed by atoms with Crippen molar-refractivity contribution in [1.29, 1.82) is 0 Å². The highest BCUT2D eigenvalue weighted by molar-refractivity contribution is 6.00.